The summed E-state index contributed by atoms with van der Waals surface area (Å²) in [6, 6.07) is 33.3. The summed E-state index contributed by atoms with van der Waals surface area (Å²) in [6.45, 7) is 18.2. The van der Waals surface area contributed by atoms with E-state index < -0.39 is 0 Å². The molecule has 3 aromatic heterocycles. The van der Waals surface area contributed by atoms with Crippen molar-refractivity contribution in [2.75, 3.05) is 0 Å². The van der Waals surface area contributed by atoms with E-state index in [0.29, 0.717) is 11.8 Å². The van der Waals surface area contributed by atoms with Crippen LogP contribution in [-0.4, -0.2) is 9.55 Å². The van der Waals surface area contributed by atoms with Crippen molar-refractivity contribution in [1.82, 2.24) is 9.55 Å². The Morgan fingerprint density at radius 3 is 2.12 bits per heavy atom. The van der Waals surface area contributed by atoms with Crippen LogP contribution in [0.5, 0.6) is 0 Å². The molecule has 246 valence electrons. The van der Waals surface area contributed by atoms with Crippen LogP contribution in [0.25, 0.3) is 71.4 Å². The standard InChI is InChI=1S/C44H44N3OS/c1-25(2)31-21-29(28-15-11-10-12-16-28)22-32(26(3)4)40(31)47-36-18-14-13-17-35(36)46(9)42(47)39-27(5)19-20-30-33-23-38-34(24-37(33)48-41(30)39)45-43(49-38)44(6,7)8/h10-26H,1-9H3/q+1. The number of hydrogen-bond acceptors (Lipinski definition) is 3. The molecule has 0 saturated heterocycles. The van der Waals surface area contributed by atoms with Gasteiger partial charge >= 0.3 is 0 Å². The number of aromatic nitrogens is 3. The van der Waals surface area contributed by atoms with E-state index in [1.807, 2.05) is 0 Å². The third kappa shape index (κ3) is 5.01. The number of rotatable bonds is 5. The smallest absolute Gasteiger partial charge is 0.299 e. The number of imidazole rings is 1. The summed E-state index contributed by atoms with van der Waals surface area (Å²) < 4.78 is 13.0. The van der Waals surface area contributed by atoms with E-state index in [0.717, 1.165) is 43.9 Å². The minimum Gasteiger partial charge on any atom is -0.455 e. The SMILES string of the molecule is Cc1ccc2c(oc3cc4nc(C(C)(C)C)sc4cc32)c1-c1n(-c2c(C(C)C)cc(-c3ccccc3)cc2C(C)C)c2ccccc2[n+]1C. The van der Waals surface area contributed by atoms with Gasteiger partial charge in [0.05, 0.1) is 22.3 Å². The first-order chi connectivity index (χ1) is 23.4. The number of thiazole rings is 1. The summed E-state index contributed by atoms with van der Waals surface area (Å²) in [5, 5.41) is 3.41. The quantitative estimate of drug-likeness (QED) is 0.172. The van der Waals surface area contributed by atoms with E-state index in [2.05, 4.69) is 163 Å². The molecule has 5 heteroatoms. The highest BCUT2D eigenvalue weighted by molar-refractivity contribution is 7.18. The van der Waals surface area contributed by atoms with Gasteiger partial charge < -0.3 is 4.42 Å². The molecule has 0 atom stereocenters. The van der Waals surface area contributed by atoms with Gasteiger partial charge in [-0.1, -0.05) is 103 Å². The lowest BCUT2D eigenvalue weighted by Crippen LogP contribution is -2.30. The second-order valence-corrected chi connectivity index (χ2v) is 16.2. The van der Waals surface area contributed by atoms with Crippen LogP contribution in [0.1, 0.15) is 82.0 Å². The highest BCUT2D eigenvalue weighted by atomic mass is 32.1. The maximum atomic E-state index is 6.93. The van der Waals surface area contributed by atoms with E-state index >= 15 is 0 Å². The number of fused-ring (bicyclic) bond motifs is 5. The lowest BCUT2D eigenvalue weighted by Gasteiger charge is -2.21. The highest BCUT2D eigenvalue weighted by Gasteiger charge is 2.34. The minimum atomic E-state index is 0.00230. The van der Waals surface area contributed by atoms with Crippen molar-refractivity contribution in [2.24, 2.45) is 7.05 Å². The Bertz CT molecular complexity index is 2530. The number of hydrogen-bond donors (Lipinski definition) is 0. The van der Waals surface area contributed by atoms with Crippen molar-refractivity contribution in [2.45, 2.75) is 72.6 Å². The maximum absolute atomic E-state index is 6.93. The zero-order valence-electron chi connectivity index (χ0n) is 30.0. The van der Waals surface area contributed by atoms with Crippen molar-refractivity contribution < 1.29 is 8.98 Å². The zero-order chi connectivity index (χ0) is 34.4. The lowest BCUT2D eigenvalue weighted by atomic mass is 9.88. The highest BCUT2D eigenvalue weighted by Crippen LogP contribution is 2.44. The molecular weight excluding hydrogens is 619 g/mol. The number of aryl methyl sites for hydroxylation is 2. The zero-order valence-corrected chi connectivity index (χ0v) is 30.8. The fourth-order valence-corrected chi connectivity index (χ4v) is 8.44. The molecule has 5 aromatic carbocycles. The molecule has 0 spiro atoms. The van der Waals surface area contributed by atoms with Gasteiger partial charge in [-0.25, -0.2) is 9.55 Å². The van der Waals surface area contributed by atoms with Crippen molar-refractivity contribution in [3.05, 3.63) is 113 Å². The normalized spacial score (nSPS) is 12.6. The first kappa shape index (κ1) is 31.5. The molecule has 0 fully saturated rings. The van der Waals surface area contributed by atoms with Crippen LogP contribution in [0.15, 0.2) is 95.4 Å². The molecular formula is C44H44N3OS+. The monoisotopic (exact) mass is 662 g/mol. The Hall–Kier alpha value is -4.74. The largest absolute Gasteiger partial charge is 0.455 e. The van der Waals surface area contributed by atoms with Crippen LogP contribution in [0.2, 0.25) is 0 Å². The fourth-order valence-electron chi connectivity index (χ4n) is 7.39. The molecule has 0 radical (unpaired) electrons. The molecule has 8 aromatic rings. The van der Waals surface area contributed by atoms with Gasteiger partial charge in [0.25, 0.3) is 5.82 Å². The van der Waals surface area contributed by atoms with Gasteiger partial charge in [0.15, 0.2) is 16.6 Å². The van der Waals surface area contributed by atoms with E-state index in [9.17, 15) is 0 Å². The average molecular weight is 663 g/mol. The Morgan fingerprint density at radius 2 is 1.45 bits per heavy atom. The van der Waals surface area contributed by atoms with Crippen LogP contribution in [0.3, 0.4) is 0 Å². The Morgan fingerprint density at radius 1 is 0.776 bits per heavy atom. The third-order valence-electron chi connectivity index (χ3n) is 9.98. The number of benzene rings is 5. The molecule has 4 nitrogen and oxygen atoms in total. The first-order valence-electron chi connectivity index (χ1n) is 17.4. The predicted octanol–water partition coefficient (Wildman–Crippen LogP) is 12.2. The van der Waals surface area contributed by atoms with Crippen molar-refractivity contribution >= 4 is 54.5 Å². The van der Waals surface area contributed by atoms with Crippen LogP contribution in [0.4, 0.5) is 0 Å². The van der Waals surface area contributed by atoms with Crippen molar-refractivity contribution in [3.63, 3.8) is 0 Å². The van der Waals surface area contributed by atoms with Gasteiger partial charge in [-0.2, -0.15) is 4.57 Å². The second-order valence-electron chi connectivity index (χ2n) is 15.2. The molecule has 8 rings (SSSR count). The van der Waals surface area contributed by atoms with Crippen LogP contribution < -0.4 is 4.57 Å². The van der Waals surface area contributed by atoms with Gasteiger partial charge in [-0.15, -0.1) is 11.3 Å². The lowest BCUT2D eigenvalue weighted by molar-refractivity contribution is -0.633. The van der Waals surface area contributed by atoms with E-state index in [1.165, 1.54) is 49.2 Å². The molecule has 3 heterocycles. The maximum Gasteiger partial charge on any atom is 0.299 e. The van der Waals surface area contributed by atoms with Gasteiger partial charge in [0, 0.05) is 33.4 Å². The molecule has 0 bridgehead atoms. The molecule has 0 saturated carbocycles. The van der Waals surface area contributed by atoms with Crippen LogP contribution in [0, 0.1) is 6.92 Å². The fraction of sp³-hybridized carbons (Fsp3) is 0.273. The third-order valence-corrected chi connectivity index (χ3v) is 11.4. The molecule has 0 aliphatic carbocycles. The van der Waals surface area contributed by atoms with Gasteiger partial charge in [0.2, 0.25) is 0 Å². The van der Waals surface area contributed by atoms with Crippen LogP contribution in [-0.2, 0) is 12.5 Å². The predicted molar refractivity (Wildman–Crippen MR) is 207 cm³/mol. The number of furan rings is 1. The van der Waals surface area contributed by atoms with Gasteiger partial charge in [-0.3, -0.25) is 0 Å². The molecule has 0 N–H and O–H groups in total. The first-order valence-corrected chi connectivity index (χ1v) is 18.2. The van der Waals surface area contributed by atoms with Gasteiger partial charge in [0.1, 0.15) is 16.8 Å². The summed E-state index contributed by atoms with van der Waals surface area (Å²) >= 11 is 1.79. The van der Waals surface area contributed by atoms with Crippen LogP contribution >= 0.6 is 11.3 Å². The molecule has 0 aliphatic heterocycles. The van der Waals surface area contributed by atoms with E-state index in [1.54, 1.807) is 11.3 Å². The van der Waals surface area contributed by atoms with E-state index in [-0.39, 0.29) is 5.41 Å². The second kappa shape index (κ2) is 11.4. The molecule has 49 heavy (non-hydrogen) atoms. The summed E-state index contributed by atoms with van der Waals surface area (Å²) in [6.07, 6.45) is 0. The number of para-hydroxylation sites is 2. The Balaban J connectivity index is 1.47. The minimum absolute atomic E-state index is 0.00230. The Kier molecular flexibility index (Phi) is 7.35. The summed E-state index contributed by atoms with van der Waals surface area (Å²) in [7, 11) is 2.20. The summed E-state index contributed by atoms with van der Waals surface area (Å²) in [5.74, 6) is 1.73. The number of nitrogens with zero attached hydrogens (tertiary/aromatic N) is 3. The van der Waals surface area contributed by atoms with Gasteiger partial charge in [-0.05, 0) is 65.8 Å². The Labute approximate surface area is 292 Å². The van der Waals surface area contributed by atoms with Crippen molar-refractivity contribution in [3.8, 4) is 28.2 Å². The summed E-state index contributed by atoms with van der Waals surface area (Å²) in [4.78, 5) is 5.03. The molecule has 0 aliphatic rings. The topological polar surface area (TPSA) is 34.8 Å². The molecule has 0 amide bonds. The molecule has 0 unspecified atom stereocenters. The summed E-state index contributed by atoms with van der Waals surface area (Å²) in [5.41, 5.74) is 13.9. The van der Waals surface area contributed by atoms with Crippen molar-refractivity contribution in [1.29, 1.82) is 0 Å². The van der Waals surface area contributed by atoms with E-state index in [4.69, 9.17) is 9.40 Å². The average Bonchev–Trinajstić information content (AvgIpc) is 3.75.